The van der Waals surface area contributed by atoms with E-state index < -0.39 is 0 Å². The molecule has 0 aromatic heterocycles. The molecule has 0 heterocycles. The number of carbonyl (C=O) groups is 1. The molecule has 3 nitrogen and oxygen atoms in total. The zero-order valence-corrected chi connectivity index (χ0v) is 14.9. The number of hydrogen-bond acceptors (Lipinski definition) is 3. The summed E-state index contributed by atoms with van der Waals surface area (Å²) in [5, 5.41) is 3.85. The summed E-state index contributed by atoms with van der Waals surface area (Å²) >= 11 is 6.27. The first-order valence-electron chi connectivity index (χ1n) is 7.81. The molecule has 1 N–H and O–H groups in total. The number of aryl methyl sites for hydroxylation is 1. The van der Waals surface area contributed by atoms with Crippen molar-refractivity contribution in [3.63, 3.8) is 0 Å². The van der Waals surface area contributed by atoms with Crippen LogP contribution in [0.2, 0.25) is 5.02 Å². The lowest BCUT2D eigenvalue weighted by Gasteiger charge is -2.26. The molecule has 2 rings (SSSR count). The van der Waals surface area contributed by atoms with Gasteiger partial charge in [-0.15, -0.1) is 0 Å². The van der Waals surface area contributed by atoms with E-state index in [0.717, 1.165) is 5.56 Å². The highest BCUT2D eigenvalue weighted by Crippen LogP contribution is 2.25. The minimum absolute atomic E-state index is 0.0428. The van der Waals surface area contributed by atoms with Crippen LogP contribution in [-0.2, 0) is 0 Å². The van der Waals surface area contributed by atoms with Gasteiger partial charge >= 0.3 is 0 Å². The molecule has 2 aromatic carbocycles. The van der Waals surface area contributed by atoms with E-state index in [4.69, 9.17) is 11.6 Å². The molecule has 0 amide bonds. The number of rotatable bonds is 7. The summed E-state index contributed by atoms with van der Waals surface area (Å²) in [7, 11) is 3.93. The van der Waals surface area contributed by atoms with E-state index in [1.807, 2.05) is 43.3 Å². The standard InChI is InChI=1S/C19H22ClFN2O/c1-13-8-9-14(10-17(13)21)19(24)12-22-11-18(23(2)3)15-6-4-5-7-16(15)20/h4-10,18,22H,11-12H2,1-3H3. The molecule has 24 heavy (non-hydrogen) atoms. The molecular weight excluding hydrogens is 327 g/mol. The predicted octanol–water partition coefficient (Wildman–Crippen LogP) is 3.86. The molecule has 0 fully saturated rings. The fraction of sp³-hybridized carbons (Fsp3) is 0.316. The first kappa shape index (κ1) is 18.6. The second-order valence-corrected chi connectivity index (χ2v) is 6.43. The molecule has 0 bridgehead atoms. The average Bonchev–Trinajstić information content (AvgIpc) is 2.54. The van der Waals surface area contributed by atoms with Crippen LogP contribution >= 0.6 is 11.6 Å². The van der Waals surface area contributed by atoms with Crippen molar-refractivity contribution in [3.8, 4) is 0 Å². The molecule has 2 aromatic rings. The van der Waals surface area contributed by atoms with Gasteiger partial charge < -0.3 is 10.2 Å². The monoisotopic (exact) mass is 348 g/mol. The van der Waals surface area contributed by atoms with Gasteiger partial charge in [0.15, 0.2) is 5.78 Å². The van der Waals surface area contributed by atoms with E-state index in [-0.39, 0.29) is 24.2 Å². The molecule has 128 valence electrons. The van der Waals surface area contributed by atoms with Gasteiger partial charge in [0.1, 0.15) is 5.82 Å². The number of likely N-dealkylation sites (N-methyl/N-ethyl adjacent to an activating group) is 1. The van der Waals surface area contributed by atoms with Gasteiger partial charge in [0.05, 0.1) is 6.54 Å². The molecule has 0 aliphatic rings. The lowest BCUT2D eigenvalue weighted by Crippen LogP contribution is -2.34. The van der Waals surface area contributed by atoms with Gasteiger partial charge in [-0.25, -0.2) is 4.39 Å². The third-order valence-electron chi connectivity index (χ3n) is 4.00. The summed E-state index contributed by atoms with van der Waals surface area (Å²) in [6.07, 6.45) is 0. The number of Topliss-reactive ketones (excluding diaryl/α,β-unsaturated/α-hetero) is 1. The smallest absolute Gasteiger partial charge is 0.176 e. The Hall–Kier alpha value is -1.75. The third kappa shape index (κ3) is 4.63. The fourth-order valence-corrected chi connectivity index (χ4v) is 2.77. The first-order valence-corrected chi connectivity index (χ1v) is 8.19. The number of ketones is 1. The van der Waals surface area contributed by atoms with Crippen molar-refractivity contribution in [1.82, 2.24) is 10.2 Å². The Morgan fingerprint density at radius 3 is 2.58 bits per heavy atom. The largest absolute Gasteiger partial charge is 0.308 e. The average molecular weight is 349 g/mol. The highest BCUT2D eigenvalue weighted by molar-refractivity contribution is 6.31. The van der Waals surface area contributed by atoms with E-state index in [2.05, 4.69) is 5.32 Å². The van der Waals surface area contributed by atoms with E-state index in [9.17, 15) is 9.18 Å². The van der Waals surface area contributed by atoms with E-state index in [1.165, 1.54) is 6.07 Å². The van der Waals surface area contributed by atoms with Gasteiger partial charge in [0, 0.05) is 23.2 Å². The molecule has 1 unspecified atom stereocenters. The summed E-state index contributed by atoms with van der Waals surface area (Å²) in [5.74, 6) is -0.492. The zero-order valence-electron chi connectivity index (χ0n) is 14.1. The maximum Gasteiger partial charge on any atom is 0.176 e. The number of hydrogen-bond donors (Lipinski definition) is 1. The van der Waals surface area contributed by atoms with Crippen LogP contribution < -0.4 is 5.32 Å². The number of halogens is 2. The molecule has 0 aliphatic heterocycles. The number of nitrogens with one attached hydrogen (secondary N) is 1. The summed E-state index contributed by atoms with van der Waals surface area (Å²) in [6.45, 7) is 2.39. The lowest BCUT2D eigenvalue weighted by molar-refractivity contribution is 0.0988. The molecule has 1 atom stereocenters. The van der Waals surface area contributed by atoms with Gasteiger partial charge in [0.2, 0.25) is 0 Å². The second-order valence-electron chi connectivity index (χ2n) is 6.02. The van der Waals surface area contributed by atoms with Gasteiger partial charge in [-0.1, -0.05) is 41.9 Å². The Bertz CT molecular complexity index is 718. The van der Waals surface area contributed by atoms with Crippen LogP contribution in [0.1, 0.15) is 27.5 Å². The summed E-state index contributed by atoms with van der Waals surface area (Å²) in [5.41, 5.74) is 1.92. The summed E-state index contributed by atoms with van der Waals surface area (Å²) in [4.78, 5) is 14.2. The van der Waals surface area contributed by atoms with Crippen LogP contribution in [0.25, 0.3) is 0 Å². The quantitative estimate of drug-likeness (QED) is 0.771. The summed E-state index contributed by atoms with van der Waals surface area (Å²) in [6, 6.07) is 12.3. The topological polar surface area (TPSA) is 32.3 Å². The van der Waals surface area contributed by atoms with Crippen molar-refractivity contribution in [3.05, 3.63) is 70.0 Å². The normalized spacial score (nSPS) is 12.4. The van der Waals surface area contributed by atoms with Gasteiger partial charge in [0.25, 0.3) is 0 Å². The van der Waals surface area contributed by atoms with Crippen molar-refractivity contribution in [2.75, 3.05) is 27.2 Å². The van der Waals surface area contributed by atoms with E-state index >= 15 is 0 Å². The first-order chi connectivity index (χ1) is 11.4. The number of nitrogens with zero attached hydrogens (tertiary/aromatic N) is 1. The highest BCUT2D eigenvalue weighted by atomic mass is 35.5. The minimum Gasteiger partial charge on any atom is -0.308 e. The van der Waals surface area contributed by atoms with Crippen LogP contribution in [0.4, 0.5) is 4.39 Å². The van der Waals surface area contributed by atoms with Gasteiger partial charge in [-0.3, -0.25) is 4.79 Å². The molecule has 0 saturated carbocycles. The van der Waals surface area contributed by atoms with Crippen LogP contribution in [0, 0.1) is 12.7 Å². The minimum atomic E-state index is -0.358. The molecule has 0 saturated heterocycles. The van der Waals surface area contributed by atoms with E-state index in [0.29, 0.717) is 22.7 Å². The van der Waals surface area contributed by atoms with Gasteiger partial charge in [-0.2, -0.15) is 0 Å². The highest BCUT2D eigenvalue weighted by Gasteiger charge is 2.17. The Balaban J connectivity index is 1.99. The third-order valence-corrected chi connectivity index (χ3v) is 4.35. The van der Waals surface area contributed by atoms with Crippen LogP contribution in [0.15, 0.2) is 42.5 Å². The SMILES string of the molecule is Cc1ccc(C(=O)CNCC(c2ccccc2Cl)N(C)C)cc1F. The van der Waals surface area contributed by atoms with Crippen molar-refractivity contribution < 1.29 is 9.18 Å². The van der Waals surface area contributed by atoms with Crippen molar-refractivity contribution in [1.29, 1.82) is 0 Å². The molecule has 0 aliphatic carbocycles. The molecular formula is C19H22ClFN2O. The number of carbonyl (C=O) groups excluding carboxylic acids is 1. The van der Waals surface area contributed by atoms with Crippen LogP contribution in [0.5, 0.6) is 0 Å². The molecule has 5 heteroatoms. The fourth-order valence-electron chi connectivity index (χ4n) is 2.51. The molecule has 0 radical (unpaired) electrons. The van der Waals surface area contributed by atoms with Crippen LogP contribution in [-0.4, -0.2) is 37.9 Å². The lowest BCUT2D eigenvalue weighted by atomic mass is 10.1. The maximum atomic E-state index is 13.6. The Labute approximate surface area is 147 Å². The van der Waals surface area contributed by atoms with Crippen LogP contribution in [0.3, 0.4) is 0 Å². The zero-order chi connectivity index (χ0) is 17.7. The van der Waals surface area contributed by atoms with Crippen molar-refractivity contribution >= 4 is 17.4 Å². The van der Waals surface area contributed by atoms with Crippen molar-refractivity contribution in [2.45, 2.75) is 13.0 Å². The Kier molecular flexibility index (Phi) is 6.49. The van der Waals surface area contributed by atoms with E-state index in [1.54, 1.807) is 19.1 Å². The predicted molar refractivity (Wildman–Crippen MR) is 96.2 cm³/mol. The molecule has 0 spiro atoms. The number of benzene rings is 2. The van der Waals surface area contributed by atoms with Gasteiger partial charge in [-0.05, 0) is 44.3 Å². The Morgan fingerprint density at radius 2 is 1.96 bits per heavy atom. The maximum absolute atomic E-state index is 13.6. The summed E-state index contributed by atoms with van der Waals surface area (Å²) < 4.78 is 13.6. The van der Waals surface area contributed by atoms with Crippen molar-refractivity contribution in [2.24, 2.45) is 0 Å². The Morgan fingerprint density at radius 1 is 1.25 bits per heavy atom. The second kappa shape index (κ2) is 8.38.